The second-order valence-corrected chi connectivity index (χ2v) is 10.1. The highest BCUT2D eigenvalue weighted by Gasteiger charge is 2.30. The summed E-state index contributed by atoms with van der Waals surface area (Å²) in [6.45, 7) is 4.56. The van der Waals surface area contributed by atoms with Crippen molar-refractivity contribution in [3.8, 4) is 11.5 Å². The van der Waals surface area contributed by atoms with E-state index in [-0.39, 0.29) is 0 Å². The van der Waals surface area contributed by atoms with Gasteiger partial charge in [0.15, 0.2) is 11.5 Å². The minimum Gasteiger partial charge on any atom is -0.493 e. The van der Waals surface area contributed by atoms with E-state index in [2.05, 4.69) is 26.0 Å². The Morgan fingerprint density at radius 1 is 0.633 bits per heavy atom. The Bertz CT molecular complexity index is 622. The van der Waals surface area contributed by atoms with Crippen molar-refractivity contribution in [2.24, 2.45) is 23.7 Å². The molecule has 170 valence electrons. The molecule has 0 bridgehead atoms. The maximum Gasteiger partial charge on any atom is 0.164 e. The summed E-state index contributed by atoms with van der Waals surface area (Å²) in [5, 5.41) is 0. The van der Waals surface area contributed by atoms with Crippen LogP contribution in [0.3, 0.4) is 0 Å². The van der Waals surface area contributed by atoms with Gasteiger partial charge in [0.2, 0.25) is 0 Å². The van der Waals surface area contributed by atoms with Crippen molar-refractivity contribution < 1.29 is 9.47 Å². The van der Waals surface area contributed by atoms with E-state index >= 15 is 0 Å². The topological polar surface area (TPSA) is 18.5 Å². The van der Waals surface area contributed by atoms with Crippen molar-refractivity contribution in [3.05, 3.63) is 23.3 Å². The van der Waals surface area contributed by atoms with Gasteiger partial charge in [-0.3, -0.25) is 0 Å². The zero-order valence-electron chi connectivity index (χ0n) is 20.2. The number of hydrogen-bond donors (Lipinski definition) is 0. The van der Waals surface area contributed by atoms with E-state index in [0.717, 1.165) is 54.4 Å². The van der Waals surface area contributed by atoms with Crippen molar-refractivity contribution in [3.63, 3.8) is 0 Å². The molecule has 1 aromatic carbocycles. The number of hydrogen-bond acceptors (Lipinski definition) is 2. The van der Waals surface area contributed by atoms with E-state index in [4.69, 9.17) is 9.47 Å². The molecule has 30 heavy (non-hydrogen) atoms. The van der Waals surface area contributed by atoms with Crippen LogP contribution in [0, 0.1) is 23.7 Å². The lowest BCUT2D eigenvalue weighted by Crippen LogP contribution is -2.26. The highest BCUT2D eigenvalue weighted by molar-refractivity contribution is 5.52. The van der Waals surface area contributed by atoms with Crippen molar-refractivity contribution in [1.82, 2.24) is 0 Å². The number of methoxy groups -OCH3 is 2. The summed E-state index contributed by atoms with van der Waals surface area (Å²) in [6, 6.07) is 4.54. The summed E-state index contributed by atoms with van der Waals surface area (Å²) in [4.78, 5) is 0. The van der Waals surface area contributed by atoms with Crippen LogP contribution in [0.2, 0.25) is 0 Å². The fraction of sp³-hybridized carbons (Fsp3) is 0.786. The molecule has 0 saturated heterocycles. The largest absolute Gasteiger partial charge is 0.493 e. The van der Waals surface area contributed by atoms with Gasteiger partial charge in [0.25, 0.3) is 0 Å². The third kappa shape index (κ3) is 5.95. The number of aryl methyl sites for hydroxylation is 2. The van der Waals surface area contributed by atoms with Crippen LogP contribution >= 0.6 is 0 Å². The van der Waals surface area contributed by atoms with Crippen LogP contribution in [0.5, 0.6) is 11.5 Å². The van der Waals surface area contributed by atoms with Crippen LogP contribution < -0.4 is 9.47 Å². The van der Waals surface area contributed by atoms with E-state index in [9.17, 15) is 0 Å². The van der Waals surface area contributed by atoms with E-state index in [1.54, 1.807) is 14.2 Å². The normalized spacial score (nSPS) is 27.1. The van der Waals surface area contributed by atoms with Crippen LogP contribution in [-0.4, -0.2) is 14.2 Å². The monoisotopic (exact) mass is 414 g/mol. The van der Waals surface area contributed by atoms with Crippen LogP contribution in [-0.2, 0) is 12.8 Å². The first kappa shape index (κ1) is 23.5. The Balaban J connectivity index is 1.48. The van der Waals surface area contributed by atoms with Crippen LogP contribution in [0.25, 0.3) is 0 Å². The molecule has 2 fully saturated rings. The standard InChI is InChI=1S/C28H46O2/c1-5-7-21-9-14-23(15-10-21)24-16-11-22(12-17-24)13-18-26-20-19-25(8-6-2)27(29-3)28(26)30-4/h19-24H,5-18H2,1-4H3. The van der Waals surface area contributed by atoms with Crippen molar-refractivity contribution in [2.45, 2.75) is 104 Å². The van der Waals surface area contributed by atoms with Gasteiger partial charge in [-0.05, 0) is 79.7 Å². The van der Waals surface area contributed by atoms with E-state index in [1.165, 1.54) is 81.8 Å². The lowest BCUT2D eigenvalue weighted by molar-refractivity contribution is 0.141. The first-order valence-corrected chi connectivity index (χ1v) is 12.9. The van der Waals surface area contributed by atoms with Gasteiger partial charge in [0.1, 0.15) is 0 Å². The van der Waals surface area contributed by atoms with Crippen LogP contribution in [0.4, 0.5) is 0 Å². The zero-order valence-corrected chi connectivity index (χ0v) is 20.2. The molecule has 0 aromatic heterocycles. The first-order chi connectivity index (χ1) is 14.7. The van der Waals surface area contributed by atoms with E-state index in [0.29, 0.717) is 0 Å². The fourth-order valence-corrected chi connectivity index (χ4v) is 6.42. The highest BCUT2D eigenvalue weighted by Crippen LogP contribution is 2.43. The lowest BCUT2D eigenvalue weighted by atomic mass is 9.68. The van der Waals surface area contributed by atoms with Gasteiger partial charge in [-0.15, -0.1) is 0 Å². The van der Waals surface area contributed by atoms with Crippen molar-refractivity contribution in [1.29, 1.82) is 0 Å². The molecule has 2 heteroatoms. The minimum atomic E-state index is 0.892. The Hall–Kier alpha value is -1.18. The summed E-state index contributed by atoms with van der Waals surface area (Å²) in [5.41, 5.74) is 2.60. The molecule has 0 unspecified atom stereocenters. The minimum absolute atomic E-state index is 0.892. The lowest BCUT2D eigenvalue weighted by Gasteiger charge is -2.38. The second-order valence-electron chi connectivity index (χ2n) is 10.1. The van der Waals surface area contributed by atoms with E-state index < -0.39 is 0 Å². The Morgan fingerprint density at radius 2 is 1.10 bits per heavy atom. The molecular weight excluding hydrogens is 368 g/mol. The van der Waals surface area contributed by atoms with Crippen LogP contribution in [0.1, 0.15) is 102 Å². The molecule has 0 amide bonds. The van der Waals surface area contributed by atoms with Gasteiger partial charge in [-0.1, -0.05) is 70.9 Å². The van der Waals surface area contributed by atoms with Gasteiger partial charge in [0.05, 0.1) is 14.2 Å². The molecule has 2 saturated carbocycles. The van der Waals surface area contributed by atoms with Gasteiger partial charge in [-0.2, -0.15) is 0 Å². The van der Waals surface area contributed by atoms with Crippen molar-refractivity contribution in [2.75, 3.05) is 14.2 Å². The Morgan fingerprint density at radius 3 is 1.53 bits per heavy atom. The first-order valence-electron chi connectivity index (χ1n) is 12.9. The second kappa shape index (κ2) is 12.0. The molecule has 2 aliphatic rings. The average molecular weight is 415 g/mol. The molecular formula is C28H46O2. The van der Waals surface area contributed by atoms with Gasteiger partial charge >= 0.3 is 0 Å². The van der Waals surface area contributed by atoms with Gasteiger partial charge in [0, 0.05) is 0 Å². The number of ether oxygens (including phenoxy) is 2. The summed E-state index contributed by atoms with van der Waals surface area (Å²) in [7, 11) is 3.56. The smallest absolute Gasteiger partial charge is 0.164 e. The van der Waals surface area contributed by atoms with Crippen LogP contribution in [0.15, 0.2) is 12.1 Å². The molecule has 0 atom stereocenters. The molecule has 2 nitrogen and oxygen atoms in total. The molecule has 1 aromatic rings. The van der Waals surface area contributed by atoms with Crippen molar-refractivity contribution >= 4 is 0 Å². The molecule has 0 N–H and O–H groups in total. The summed E-state index contributed by atoms with van der Waals surface area (Å²) < 4.78 is 11.5. The highest BCUT2D eigenvalue weighted by atomic mass is 16.5. The Labute approximate surface area is 186 Å². The molecule has 2 aliphatic carbocycles. The zero-order chi connectivity index (χ0) is 21.3. The Kier molecular flexibility index (Phi) is 9.40. The SMILES string of the molecule is CCCc1ccc(CCC2CCC(C3CCC(CCC)CC3)CC2)c(OC)c1OC. The molecule has 0 spiro atoms. The third-order valence-electron chi connectivity index (χ3n) is 8.17. The predicted molar refractivity (Wildman–Crippen MR) is 128 cm³/mol. The van der Waals surface area contributed by atoms with Gasteiger partial charge < -0.3 is 9.47 Å². The quantitative estimate of drug-likeness (QED) is 0.386. The number of benzene rings is 1. The number of rotatable bonds is 10. The van der Waals surface area contributed by atoms with Gasteiger partial charge in [-0.25, -0.2) is 0 Å². The summed E-state index contributed by atoms with van der Waals surface area (Å²) >= 11 is 0. The predicted octanol–water partition coefficient (Wildman–Crippen LogP) is 8.00. The molecule has 0 aliphatic heterocycles. The molecule has 0 heterocycles. The molecule has 0 radical (unpaired) electrons. The molecule has 3 rings (SSSR count). The summed E-state index contributed by atoms with van der Waals surface area (Å²) in [6.07, 6.45) is 19.3. The fourth-order valence-electron chi connectivity index (χ4n) is 6.42. The third-order valence-corrected chi connectivity index (χ3v) is 8.17. The average Bonchev–Trinajstić information content (AvgIpc) is 2.79. The maximum absolute atomic E-state index is 5.79. The summed E-state index contributed by atoms with van der Waals surface area (Å²) in [5.74, 6) is 5.92. The van der Waals surface area contributed by atoms with E-state index in [1.807, 2.05) is 0 Å². The maximum atomic E-state index is 5.79.